The van der Waals surface area contributed by atoms with Crippen molar-refractivity contribution in [3.63, 3.8) is 0 Å². The summed E-state index contributed by atoms with van der Waals surface area (Å²) in [5.74, 6) is -0.475. The number of alkyl halides is 3. The maximum absolute atomic E-state index is 13.6. The lowest BCUT2D eigenvalue weighted by molar-refractivity contribution is -0.150. The van der Waals surface area contributed by atoms with E-state index in [0.717, 1.165) is 53.2 Å². The number of rotatable bonds is 10. The Bertz CT molecular complexity index is 1260. The van der Waals surface area contributed by atoms with Crippen LogP contribution in [0.5, 0.6) is 0 Å². The van der Waals surface area contributed by atoms with Crippen LogP contribution in [-0.4, -0.2) is 47.5 Å². The number of hydrogen-bond donors (Lipinski definition) is 0. The van der Waals surface area contributed by atoms with Crippen molar-refractivity contribution < 1.29 is 27.4 Å². The molecule has 0 unspecified atom stereocenters. The third-order valence-corrected chi connectivity index (χ3v) is 9.05. The topological polar surface area (TPSA) is 79.1 Å². The maximum atomic E-state index is 13.6. The maximum Gasteiger partial charge on any atom is 0.451 e. The van der Waals surface area contributed by atoms with Gasteiger partial charge in [-0.15, -0.1) is 5.10 Å². The first-order valence-electron chi connectivity index (χ1n) is 13.7. The van der Waals surface area contributed by atoms with Gasteiger partial charge in [0.2, 0.25) is 5.82 Å². The minimum Gasteiger partial charge on any atom is -0.469 e. The Morgan fingerprint density at radius 3 is 2.23 bits per heavy atom. The van der Waals surface area contributed by atoms with Crippen LogP contribution in [0.25, 0.3) is 22.5 Å². The van der Waals surface area contributed by atoms with E-state index in [9.17, 15) is 18.0 Å². The van der Waals surface area contributed by atoms with Gasteiger partial charge < -0.3 is 9.47 Å². The molecule has 0 atom stereocenters. The Hall–Kier alpha value is -3.05. The van der Waals surface area contributed by atoms with Crippen LogP contribution >= 0.6 is 0 Å². The molecule has 1 aliphatic carbocycles. The molecule has 2 heterocycles. The molecular formula is C29H37F3N4O3Si. The number of pyridine rings is 1. The second kappa shape index (κ2) is 12.6. The Labute approximate surface area is 234 Å². The highest BCUT2D eigenvalue weighted by molar-refractivity contribution is 6.76. The van der Waals surface area contributed by atoms with Crippen molar-refractivity contribution in [2.45, 2.75) is 76.6 Å². The number of carbonyl (C=O) groups is 1. The van der Waals surface area contributed by atoms with Gasteiger partial charge in [0.15, 0.2) is 5.82 Å². The largest absolute Gasteiger partial charge is 0.469 e. The van der Waals surface area contributed by atoms with Crippen molar-refractivity contribution >= 4 is 14.0 Å². The zero-order chi connectivity index (χ0) is 28.9. The van der Waals surface area contributed by atoms with Gasteiger partial charge in [0.25, 0.3) is 0 Å². The molecule has 1 aromatic carbocycles. The van der Waals surface area contributed by atoms with E-state index in [-0.39, 0.29) is 18.5 Å². The van der Waals surface area contributed by atoms with Crippen molar-refractivity contribution in [3.8, 4) is 22.5 Å². The molecule has 216 valence electrons. The van der Waals surface area contributed by atoms with Crippen LogP contribution in [-0.2, 0) is 27.2 Å². The molecule has 0 aliphatic heterocycles. The third kappa shape index (κ3) is 8.00. The highest BCUT2D eigenvalue weighted by Crippen LogP contribution is 2.37. The SMILES string of the molecule is COC(=O)CC1CCC(c2ccc(-c3ccc(-c4nc(C(F)(F)F)n(COCC[Si](C)(C)C)n4)cc3)cn2)CC1. The summed E-state index contributed by atoms with van der Waals surface area (Å²) in [5.41, 5.74) is 3.34. The lowest BCUT2D eigenvalue weighted by Crippen LogP contribution is -2.23. The third-order valence-electron chi connectivity index (χ3n) is 7.35. The van der Waals surface area contributed by atoms with Gasteiger partial charge in [-0.25, -0.2) is 9.67 Å². The number of ether oxygens (including phenoxy) is 2. The van der Waals surface area contributed by atoms with Crippen LogP contribution in [0.2, 0.25) is 25.7 Å². The first-order chi connectivity index (χ1) is 18.9. The average Bonchev–Trinajstić information content (AvgIpc) is 3.36. The standard InChI is InChI=1S/C29H37F3N4O3Si/c1-38-26(37)17-20-5-7-22(8-6-20)25-14-13-24(18-33-25)21-9-11-23(12-10-21)27-34-28(29(30,31)32)36(35-27)19-39-15-16-40(2,3)4/h9-14,18,20,22H,5-8,15-17,19H2,1-4H3. The fraction of sp³-hybridized carbons (Fsp3) is 0.517. The van der Waals surface area contributed by atoms with Gasteiger partial charge in [0.1, 0.15) is 6.73 Å². The van der Waals surface area contributed by atoms with E-state index in [1.54, 1.807) is 12.1 Å². The lowest BCUT2D eigenvalue weighted by Gasteiger charge is -2.27. The first kappa shape index (κ1) is 29.9. The van der Waals surface area contributed by atoms with E-state index in [4.69, 9.17) is 14.5 Å². The van der Waals surface area contributed by atoms with Crippen LogP contribution < -0.4 is 0 Å². The molecule has 0 saturated heterocycles. The smallest absolute Gasteiger partial charge is 0.451 e. The summed E-state index contributed by atoms with van der Waals surface area (Å²) in [4.78, 5) is 20.0. The van der Waals surface area contributed by atoms with E-state index < -0.39 is 20.1 Å². The molecule has 1 aliphatic rings. The number of benzene rings is 1. The van der Waals surface area contributed by atoms with Crippen molar-refractivity contribution in [2.24, 2.45) is 5.92 Å². The molecule has 2 aromatic heterocycles. The number of aromatic nitrogens is 4. The molecule has 1 saturated carbocycles. The molecule has 1 fully saturated rings. The van der Waals surface area contributed by atoms with Crippen molar-refractivity contribution in [1.29, 1.82) is 0 Å². The predicted molar refractivity (Wildman–Crippen MR) is 149 cm³/mol. The van der Waals surface area contributed by atoms with E-state index >= 15 is 0 Å². The van der Waals surface area contributed by atoms with Crippen molar-refractivity contribution in [3.05, 3.63) is 54.1 Å². The van der Waals surface area contributed by atoms with E-state index in [1.165, 1.54) is 7.11 Å². The second-order valence-electron chi connectivity index (χ2n) is 11.7. The van der Waals surface area contributed by atoms with Crippen LogP contribution in [0.4, 0.5) is 13.2 Å². The van der Waals surface area contributed by atoms with Gasteiger partial charge in [0.05, 0.1) is 7.11 Å². The number of methoxy groups -OCH3 is 1. The Kier molecular flexibility index (Phi) is 9.45. The first-order valence-corrected chi connectivity index (χ1v) is 17.4. The summed E-state index contributed by atoms with van der Waals surface area (Å²) in [6, 6.07) is 12.0. The molecule has 0 spiro atoms. The minimum absolute atomic E-state index is 0.00365. The molecule has 7 nitrogen and oxygen atoms in total. The monoisotopic (exact) mass is 574 g/mol. The highest BCUT2D eigenvalue weighted by Gasteiger charge is 2.38. The summed E-state index contributed by atoms with van der Waals surface area (Å²) >= 11 is 0. The summed E-state index contributed by atoms with van der Waals surface area (Å²) < 4.78 is 51.9. The molecular weight excluding hydrogens is 537 g/mol. The number of halogens is 3. The predicted octanol–water partition coefficient (Wildman–Crippen LogP) is 7.18. The Morgan fingerprint density at radius 1 is 1.00 bits per heavy atom. The van der Waals surface area contributed by atoms with Crippen LogP contribution in [0.1, 0.15) is 49.5 Å². The molecule has 0 radical (unpaired) electrons. The quantitative estimate of drug-likeness (QED) is 0.145. The molecule has 0 N–H and O–H groups in total. The zero-order valence-corrected chi connectivity index (χ0v) is 24.5. The van der Waals surface area contributed by atoms with Gasteiger partial charge in [0, 0.05) is 50.0 Å². The number of nitrogens with zero attached hydrogens (tertiary/aromatic N) is 4. The molecule has 3 aromatic rings. The van der Waals surface area contributed by atoms with E-state index in [0.29, 0.717) is 30.4 Å². The van der Waals surface area contributed by atoms with Crippen molar-refractivity contribution in [1.82, 2.24) is 19.7 Å². The fourth-order valence-electron chi connectivity index (χ4n) is 4.90. The van der Waals surface area contributed by atoms with Gasteiger partial charge in [-0.1, -0.05) is 50.0 Å². The molecule has 0 bridgehead atoms. The number of hydrogen-bond acceptors (Lipinski definition) is 6. The molecule has 4 rings (SSSR count). The van der Waals surface area contributed by atoms with Gasteiger partial charge in [-0.3, -0.25) is 9.78 Å². The van der Waals surface area contributed by atoms with Gasteiger partial charge in [-0.2, -0.15) is 13.2 Å². The van der Waals surface area contributed by atoms with Crippen LogP contribution in [0.3, 0.4) is 0 Å². The normalized spacial score (nSPS) is 18.1. The van der Waals surface area contributed by atoms with Crippen molar-refractivity contribution in [2.75, 3.05) is 13.7 Å². The number of esters is 1. The Morgan fingerprint density at radius 2 is 1.65 bits per heavy atom. The van der Waals surface area contributed by atoms with Gasteiger partial charge >= 0.3 is 12.1 Å². The minimum atomic E-state index is -4.64. The van der Waals surface area contributed by atoms with Gasteiger partial charge in [-0.05, 0) is 49.3 Å². The lowest BCUT2D eigenvalue weighted by atomic mass is 9.79. The van der Waals surface area contributed by atoms with Crippen LogP contribution in [0, 0.1) is 5.92 Å². The molecule has 11 heteroatoms. The van der Waals surface area contributed by atoms with E-state index in [2.05, 4.69) is 29.7 Å². The fourth-order valence-corrected chi connectivity index (χ4v) is 5.66. The second-order valence-corrected chi connectivity index (χ2v) is 17.3. The summed E-state index contributed by atoms with van der Waals surface area (Å²) in [7, 11) is 0.0661. The van der Waals surface area contributed by atoms with Crippen LogP contribution in [0.15, 0.2) is 42.6 Å². The van der Waals surface area contributed by atoms with E-state index in [1.807, 2.05) is 30.5 Å². The Balaban J connectivity index is 1.40. The highest BCUT2D eigenvalue weighted by atomic mass is 28.3. The summed E-state index contributed by atoms with van der Waals surface area (Å²) in [6.07, 6.45) is 1.62. The molecule has 40 heavy (non-hydrogen) atoms. The zero-order valence-electron chi connectivity index (χ0n) is 23.5. The molecule has 0 amide bonds. The number of carbonyl (C=O) groups excluding carboxylic acids is 1. The summed E-state index contributed by atoms with van der Waals surface area (Å²) in [5, 5.41) is 4.11. The average molecular weight is 575 g/mol. The summed E-state index contributed by atoms with van der Waals surface area (Å²) in [6.45, 7) is 6.64.